The van der Waals surface area contributed by atoms with Gasteiger partial charge >= 0.3 is 5.97 Å². The van der Waals surface area contributed by atoms with E-state index in [2.05, 4.69) is 21.2 Å². The first-order valence-electron chi connectivity index (χ1n) is 6.32. The van der Waals surface area contributed by atoms with Crippen LogP contribution in [0.15, 0.2) is 21.4 Å². The molecule has 19 heavy (non-hydrogen) atoms. The number of carbonyl (C=O) groups excluding carboxylic acids is 2. The van der Waals surface area contributed by atoms with Gasteiger partial charge in [0.2, 0.25) is 0 Å². The zero-order chi connectivity index (χ0) is 13.9. The lowest BCUT2D eigenvalue weighted by Crippen LogP contribution is -2.53. The number of rotatable bonds is 4. The van der Waals surface area contributed by atoms with Crippen molar-refractivity contribution in [1.29, 1.82) is 0 Å². The number of esters is 1. The van der Waals surface area contributed by atoms with Crippen molar-refractivity contribution < 1.29 is 18.7 Å². The van der Waals surface area contributed by atoms with Gasteiger partial charge < -0.3 is 14.5 Å². The average Bonchev–Trinajstić information content (AvgIpc) is 2.99. The highest BCUT2D eigenvalue weighted by Gasteiger charge is 2.44. The molecule has 2 rings (SSSR count). The topological polar surface area (TPSA) is 68.5 Å². The van der Waals surface area contributed by atoms with E-state index in [0.717, 1.165) is 12.8 Å². The Labute approximate surface area is 119 Å². The van der Waals surface area contributed by atoms with E-state index in [0.29, 0.717) is 29.7 Å². The van der Waals surface area contributed by atoms with E-state index in [9.17, 15) is 9.59 Å². The third-order valence-corrected chi connectivity index (χ3v) is 3.95. The Hall–Kier alpha value is -1.30. The SMILES string of the molecule is CCOC(=O)C1(NC(=O)c2ccoc2Br)CCCC1. The van der Waals surface area contributed by atoms with Crippen LogP contribution < -0.4 is 5.32 Å². The van der Waals surface area contributed by atoms with Crippen molar-refractivity contribution in [3.63, 3.8) is 0 Å². The summed E-state index contributed by atoms with van der Waals surface area (Å²) in [5.41, 5.74) is -0.500. The first-order valence-corrected chi connectivity index (χ1v) is 7.11. The van der Waals surface area contributed by atoms with Crippen LogP contribution in [-0.4, -0.2) is 24.0 Å². The molecule has 6 heteroatoms. The maximum atomic E-state index is 12.2. The van der Waals surface area contributed by atoms with Crippen LogP contribution in [-0.2, 0) is 9.53 Å². The van der Waals surface area contributed by atoms with Gasteiger partial charge in [-0.3, -0.25) is 4.79 Å². The molecule has 1 saturated carbocycles. The van der Waals surface area contributed by atoms with Crippen molar-refractivity contribution in [1.82, 2.24) is 5.32 Å². The van der Waals surface area contributed by atoms with Gasteiger partial charge in [-0.25, -0.2) is 4.79 Å². The number of amides is 1. The van der Waals surface area contributed by atoms with E-state index in [1.54, 1.807) is 13.0 Å². The molecule has 104 valence electrons. The molecule has 1 aliphatic rings. The van der Waals surface area contributed by atoms with Crippen molar-refractivity contribution in [2.45, 2.75) is 38.1 Å². The van der Waals surface area contributed by atoms with E-state index < -0.39 is 5.54 Å². The highest BCUT2D eigenvalue weighted by molar-refractivity contribution is 9.10. The molecule has 1 fully saturated rings. The maximum absolute atomic E-state index is 12.2. The first-order chi connectivity index (χ1) is 9.09. The van der Waals surface area contributed by atoms with E-state index in [-0.39, 0.29) is 11.9 Å². The highest BCUT2D eigenvalue weighted by atomic mass is 79.9. The molecular weight excluding hydrogens is 314 g/mol. The minimum atomic E-state index is -0.885. The molecule has 1 heterocycles. The van der Waals surface area contributed by atoms with Gasteiger partial charge in [-0.1, -0.05) is 12.8 Å². The lowest BCUT2D eigenvalue weighted by atomic mass is 9.97. The lowest BCUT2D eigenvalue weighted by Gasteiger charge is -2.27. The molecule has 0 atom stereocenters. The Morgan fingerprint density at radius 1 is 1.47 bits per heavy atom. The Kier molecular flexibility index (Phi) is 4.29. The summed E-state index contributed by atoms with van der Waals surface area (Å²) in [7, 11) is 0. The van der Waals surface area contributed by atoms with Crippen molar-refractivity contribution in [2.24, 2.45) is 0 Å². The van der Waals surface area contributed by atoms with E-state index in [1.165, 1.54) is 6.26 Å². The Morgan fingerprint density at radius 3 is 2.68 bits per heavy atom. The number of hydrogen-bond acceptors (Lipinski definition) is 4. The molecule has 1 aromatic heterocycles. The van der Waals surface area contributed by atoms with Gasteiger partial charge in [-0.2, -0.15) is 0 Å². The first kappa shape index (κ1) is 14.1. The van der Waals surface area contributed by atoms with Crippen LogP contribution in [0.2, 0.25) is 0 Å². The monoisotopic (exact) mass is 329 g/mol. The summed E-state index contributed by atoms with van der Waals surface area (Å²) in [6, 6.07) is 1.56. The molecule has 0 radical (unpaired) electrons. The van der Waals surface area contributed by atoms with Crippen molar-refractivity contribution in [3.8, 4) is 0 Å². The Balaban J connectivity index is 2.15. The molecule has 0 aliphatic heterocycles. The minimum absolute atomic E-state index is 0.311. The molecule has 1 aromatic rings. The number of nitrogens with one attached hydrogen (secondary N) is 1. The molecular formula is C13H16BrNO4. The summed E-state index contributed by atoms with van der Waals surface area (Å²) in [6.45, 7) is 2.07. The second-order valence-corrected chi connectivity index (χ2v) is 5.29. The summed E-state index contributed by atoms with van der Waals surface area (Å²) >= 11 is 3.16. The summed E-state index contributed by atoms with van der Waals surface area (Å²) in [6.07, 6.45) is 4.47. The maximum Gasteiger partial charge on any atom is 0.331 e. The summed E-state index contributed by atoms with van der Waals surface area (Å²) in [4.78, 5) is 24.3. The molecule has 1 aliphatic carbocycles. The van der Waals surface area contributed by atoms with Gasteiger partial charge in [0.05, 0.1) is 18.4 Å². The third-order valence-electron chi connectivity index (χ3n) is 3.34. The number of halogens is 1. The predicted molar refractivity (Wildman–Crippen MR) is 71.7 cm³/mol. The standard InChI is InChI=1S/C13H16BrNO4/c1-2-18-12(17)13(6-3-4-7-13)15-11(16)9-5-8-19-10(9)14/h5,8H,2-4,6-7H2,1H3,(H,15,16). The quantitative estimate of drug-likeness (QED) is 0.862. The lowest BCUT2D eigenvalue weighted by molar-refractivity contribution is -0.150. The molecule has 0 aromatic carbocycles. The zero-order valence-electron chi connectivity index (χ0n) is 10.7. The van der Waals surface area contributed by atoms with Crippen molar-refractivity contribution in [3.05, 3.63) is 22.6 Å². The fourth-order valence-corrected chi connectivity index (χ4v) is 2.79. The van der Waals surface area contributed by atoms with Gasteiger partial charge in [-0.05, 0) is 41.8 Å². The summed E-state index contributed by atoms with van der Waals surface area (Å²) in [5.74, 6) is -0.670. The van der Waals surface area contributed by atoms with E-state index in [4.69, 9.17) is 9.15 Å². The largest absolute Gasteiger partial charge is 0.464 e. The molecule has 0 unspecified atom stereocenters. The fourth-order valence-electron chi connectivity index (χ4n) is 2.37. The van der Waals surface area contributed by atoms with E-state index >= 15 is 0 Å². The number of furan rings is 1. The van der Waals surface area contributed by atoms with Crippen LogP contribution in [0.5, 0.6) is 0 Å². The predicted octanol–water partition coefficient (Wildman–Crippen LogP) is 2.65. The average molecular weight is 330 g/mol. The van der Waals surface area contributed by atoms with Gasteiger partial charge in [0, 0.05) is 0 Å². The van der Waals surface area contributed by atoms with Gasteiger partial charge in [0.15, 0.2) is 4.67 Å². The molecule has 5 nitrogen and oxygen atoms in total. The number of carbonyl (C=O) groups is 2. The van der Waals surface area contributed by atoms with Crippen LogP contribution in [0.3, 0.4) is 0 Å². The molecule has 0 spiro atoms. The Bertz CT molecular complexity index is 477. The highest BCUT2D eigenvalue weighted by Crippen LogP contribution is 2.31. The fraction of sp³-hybridized carbons (Fsp3) is 0.538. The van der Waals surface area contributed by atoms with Crippen LogP contribution in [0.25, 0.3) is 0 Å². The van der Waals surface area contributed by atoms with Crippen molar-refractivity contribution >= 4 is 27.8 Å². The smallest absolute Gasteiger partial charge is 0.331 e. The third kappa shape index (κ3) is 2.83. The number of hydrogen-bond donors (Lipinski definition) is 1. The number of ether oxygens (including phenoxy) is 1. The molecule has 1 amide bonds. The van der Waals surface area contributed by atoms with E-state index in [1.807, 2.05) is 0 Å². The van der Waals surface area contributed by atoms with Gasteiger partial charge in [0.1, 0.15) is 5.54 Å². The van der Waals surface area contributed by atoms with Crippen LogP contribution in [0.1, 0.15) is 43.0 Å². The van der Waals surface area contributed by atoms with Crippen LogP contribution >= 0.6 is 15.9 Å². The summed E-state index contributed by atoms with van der Waals surface area (Å²) in [5, 5.41) is 2.82. The van der Waals surface area contributed by atoms with Crippen LogP contribution in [0.4, 0.5) is 0 Å². The van der Waals surface area contributed by atoms with Crippen LogP contribution in [0, 0.1) is 0 Å². The second-order valence-electron chi connectivity index (χ2n) is 4.57. The van der Waals surface area contributed by atoms with Gasteiger partial charge in [0.25, 0.3) is 5.91 Å². The normalized spacial score (nSPS) is 17.2. The molecule has 1 N–H and O–H groups in total. The molecule has 0 saturated heterocycles. The van der Waals surface area contributed by atoms with Gasteiger partial charge in [-0.15, -0.1) is 0 Å². The minimum Gasteiger partial charge on any atom is -0.464 e. The second kappa shape index (κ2) is 5.77. The molecule has 0 bridgehead atoms. The van der Waals surface area contributed by atoms with Crippen molar-refractivity contribution in [2.75, 3.05) is 6.61 Å². The summed E-state index contributed by atoms with van der Waals surface area (Å²) < 4.78 is 10.5. The Morgan fingerprint density at radius 2 is 2.16 bits per heavy atom. The zero-order valence-corrected chi connectivity index (χ0v) is 12.3.